The fraction of sp³-hybridized carbons (Fsp3) is 0.818. The molecule has 0 fully saturated rings. The molecule has 2 bridgehead atoms. The Kier molecular flexibility index (Phi) is 5.33. The van der Waals surface area contributed by atoms with E-state index in [1.54, 1.807) is 16.4 Å². The summed E-state index contributed by atoms with van der Waals surface area (Å²) < 4.78 is 0.459. The lowest BCUT2D eigenvalue weighted by Crippen LogP contribution is -2.33. The smallest absolute Gasteiger partial charge is 0.0739 e. The van der Waals surface area contributed by atoms with E-state index in [0.29, 0.717) is 26.3 Å². The van der Waals surface area contributed by atoms with Gasteiger partial charge in [0.2, 0.25) is 0 Å². The third kappa shape index (κ3) is 3.58. The first-order chi connectivity index (χ1) is 11.8. The summed E-state index contributed by atoms with van der Waals surface area (Å²) in [5.41, 5.74) is 1.33. The van der Waals surface area contributed by atoms with Gasteiger partial charge < -0.3 is 0 Å². The molecule has 3 aliphatic rings. The van der Waals surface area contributed by atoms with Gasteiger partial charge in [0, 0.05) is 7.61 Å². The van der Waals surface area contributed by atoms with Crippen LogP contribution in [0.5, 0.6) is 0 Å². The van der Waals surface area contributed by atoms with Crippen molar-refractivity contribution in [2.24, 2.45) is 10.8 Å². The van der Waals surface area contributed by atoms with Crippen LogP contribution in [-0.2, 0) is 15.5 Å². The summed E-state index contributed by atoms with van der Waals surface area (Å²) in [7, 11) is 3.36. The Balaban J connectivity index is 2.39. The molecule has 0 spiro atoms. The van der Waals surface area contributed by atoms with Crippen molar-refractivity contribution in [2.75, 3.05) is 0 Å². The van der Waals surface area contributed by atoms with Crippen LogP contribution in [0.3, 0.4) is 0 Å². The molecule has 0 aliphatic carbocycles. The maximum Gasteiger partial charge on any atom is 0.0931 e. The van der Waals surface area contributed by atoms with Crippen LogP contribution in [0.2, 0.25) is 0 Å². The Hall–Kier alpha value is 1.11. The van der Waals surface area contributed by atoms with Crippen LogP contribution in [0.15, 0.2) is 0 Å². The highest BCUT2D eigenvalue weighted by Gasteiger charge is 2.55. The quantitative estimate of drug-likeness (QED) is 0.339. The van der Waals surface area contributed by atoms with Crippen molar-refractivity contribution in [3.63, 3.8) is 0 Å². The first-order valence-corrected chi connectivity index (χ1v) is 17.4. The van der Waals surface area contributed by atoms with E-state index in [-0.39, 0.29) is 21.7 Å². The maximum atomic E-state index is 2.66. The molecule has 4 heterocycles. The molecule has 152 valence electrons. The van der Waals surface area contributed by atoms with Gasteiger partial charge in [0.1, 0.15) is 0 Å². The van der Waals surface area contributed by atoms with Gasteiger partial charge in [-0.15, -0.1) is 0 Å². The Labute approximate surface area is 174 Å². The molecule has 4 rings (SSSR count). The van der Waals surface area contributed by atoms with Crippen molar-refractivity contribution in [1.82, 2.24) is 0 Å². The Morgan fingerprint density at radius 2 is 0.963 bits per heavy atom. The lowest BCUT2D eigenvalue weighted by atomic mass is 9.86. The van der Waals surface area contributed by atoms with Crippen LogP contribution in [-0.4, -0.2) is 10.1 Å². The highest BCUT2D eigenvalue weighted by atomic mass is 32.3. The largest absolute Gasteiger partial charge is 0.0931 e. The molecule has 2 atom stereocenters. The molecule has 1 aromatic heterocycles. The minimum atomic E-state index is -0.0851. The van der Waals surface area contributed by atoms with Gasteiger partial charge in [-0.2, -0.15) is 0 Å². The van der Waals surface area contributed by atoms with Crippen LogP contribution in [0.4, 0.5) is 0 Å². The van der Waals surface area contributed by atoms with Crippen LogP contribution in [0, 0.1) is 10.8 Å². The molecule has 0 saturated carbocycles. The van der Waals surface area contributed by atoms with Gasteiger partial charge in [-0.25, -0.2) is 0 Å². The summed E-state index contributed by atoms with van der Waals surface area (Å²) in [6.07, 6.45) is 0. The first kappa shape index (κ1) is 22.8. The first-order valence-electron chi connectivity index (χ1n) is 10.2. The molecule has 0 saturated heterocycles. The minimum Gasteiger partial charge on any atom is -0.0739 e. The monoisotopic (exact) mass is 458 g/mol. The summed E-state index contributed by atoms with van der Waals surface area (Å²) >= 11 is 0. The topological polar surface area (TPSA) is 0 Å². The second-order valence-corrected chi connectivity index (χ2v) is 27.6. The third-order valence-corrected chi connectivity index (χ3v) is 30.1. The van der Waals surface area contributed by atoms with Crippen molar-refractivity contribution in [1.29, 1.82) is 0 Å². The molecule has 2 unspecified atom stereocenters. The van der Waals surface area contributed by atoms with Crippen LogP contribution in [0.1, 0.15) is 101 Å². The highest BCUT2D eigenvalue weighted by molar-refractivity contribution is 8.62. The van der Waals surface area contributed by atoms with E-state index in [0.717, 1.165) is 0 Å². The fourth-order valence-corrected chi connectivity index (χ4v) is 40.8. The standard InChI is InChI=1S/C22H39P5/c1-18(2,3)14-15(19(4,5)6)27-25-16(20(7,8)9)23-22(13,26(14)27)24-17(25)21(10,11)12/h1-13H3. The van der Waals surface area contributed by atoms with Crippen LogP contribution >= 0.6 is 38.1 Å². The van der Waals surface area contributed by atoms with E-state index in [1.165, 1.54) is 0 Å². The summed E-state index contributed by atoms with van der Waals surface area (Å²) in [5, 5.41) is 7.67. The molecule has 27 heavy (non-hydrogen) atoms. The van der Waals surface area contributed by atoms with Gasteiger partial charge in [0.25, 0.3) is 0 Å². The van der Waals surface area contributed by atoms with E-state index in [9.17, 15) is 0 Å². The Morgan fingerprint density at radius 1 is 0.593 bits per heavy atom. The van der Waals surface area contributed by atoms with E-state index in [1.807, 2.05) is 20.7 Å². The van der Waals surface area contributed by atoms with E-state index in [4.69, 9.17) is 0 Å². The average molecular weight is 458 g/mol. The molecule has 0 nitrogen and oxygen atoms in total. The minimum absolute atomic E-state index is 0.0244. The molecule has 0 radical (unpaired) electrons. The third-order valence-electron chi connectivity index (χ3n) is 5.22. The fourth-order valence-electron chi connectivity index (χ4n) is 4.12. The second-order valence-electron chi connectivity index (χ2n) is 12.5. The van der Waals surface area contributed by atoms with Gasteiger partial charge in [-0.05, 0) is 49.2 Å². The lowest BCUT2D eigenvalue weighted by molar-refractivity contribution is 0.547. The predicted molar refractivity (Wildman–Crippen MR) is 138 cm³/mol. The van der Waals surface area contributed by atoms with E-state index >= 15 is 0 Å². The lowest BCUT2D eigenvalue weighted by Gasteiger charge is -2.56. The van der Waals surface area contributed by atoms with Gasteiger partial charge in [-0.3, -0.25) is 0 Å². The van der Waals surface area contributed by atoms with Gasteiger partial charge in [0.15, 0.2) is 0 Å². The molecular formula is C22H39P5. The zero-order chi connectivity index (χ0) is 21.0. The van der Waals surface area contributed by atoms with Crippen molar-refractivity contribution in [2.45, 2.75) is 105 Å². The Bertz CT molecular complexity index is 800. The van der Waals surface area contributed by atoms with E-state index in [2.05, 4.69) is 90.0 Å². The normalized spacial score (nSPS) is 28.7. The highest BCUT2D eigenvalue weighted by Crippen LogP contribution is 2.98. The summed E-state index contributed by atoms with van der Waals surface area (Å²) in [6.45, 7) is 32.5. The van der Waals surface area contributed by atoms with Crippen molar-refractivity contribution in [3.05, 3.63) is 10.6 Å². The number of rotatable bonds is 0. The predicted octanol–water partition coefficient (Wildman–Crippen LogP) is 10.4. The average Bonchev–Trinajstić information content (AvgIpc) is 2.31. The number of hydrogen-bond donors (Lipinski definition) is 0. The van der Waals surface area contributed by atoms with Gasteiger partial charge >= 0.3 is 0 Å². The molecule has 3 aliphatic heterocycles. The zero-order valence-corrected chi connectivity index (χ0v) is 24.2. The van der Waals surface area contributed by atoms with E-state index < -0.39 is 0 Å². The van der Waals surface area contributed by atoms with Crippen LogP contribution in [0.25, 0.3) is 0 Å². The molecule has 1 aromatic rings. The Morgan fingerprint density at radius 3 is 1.26 bits per heavy atom. The zero-order valence-electron chi connectivity index (χ0n) is 19.7. The molecule has 5 heteroatoms. The molecular weight excluding hydrogens is 419 g/mol. The van der Waals surface area contributed by atoms with Crippen molar-refractivity contribution < 1.29 is 0 Å². The summed E-state index contributed by atoms with van der Waals surface area (Å²) in [5.74, 6) is 0. The van der Waals surface area contributed by atoms with Crippen molar-refractivity contribution in [3.8, 4) is 0 Å². The van der Waals surface area contributed by atoms with Gasteiger partial charge in [0.05, 0.1) is 4.64 Å². The second kappa shape index (κ2) is 6.31. The number of hydrogen-bond acceptors (Lipinski definition) is 0. The SMILES string of the molecule is CC(C)(C)C1=PC2(C)P=C(C(C)(C)C)P1p1c(C(C)(C)C)c(C(C)(C)C)p12. The summed E-state index contributed by atoms with van der Waals surface area (Å²) in [4.78, 5) is 0. The van der Waals surface area contributed by atoms with Gasteiger partial charge in [-0.1, -0.05) is 114 Å². The van der Waals surface area contributed by atoms with Crippen LogP contribution < -0.4 is 0 Å². The molecule has 0 aromatic carbocycles. The summed E-state index contributed by atoms with van der Waals surface area (Å²) in [6, 6.07) is 0. The molecule has 0 N–H and O–H groups in total. The maximum absolute atomic E-state index is 2.66. The molecule has 0 amide bonds. The van der Waals surface area contributed by atoms with Crippen molar-refractivity contribution >= 4 is 48.2 Å².